The van der Waals surface area contributed by atoms with Crippen LogP contribution in [-0.2, 0) is 11.0 Å². The molecule has 9 heteroatoms. The molecule has 30 heavy (non-hydrogen) atoms. The lowest BCUT2D eigenvalue weighted by Crippen LogP contribution is -2.43. The van der Waals surface area contributed by atoms with Gasteiger partial charge >= 0.3 is 6.18 Å². The molecule has 0 spiro atoms. The van der Waals surface area contributed by atoms with Crippen molar-refractivity contribution in [1.29, 1.82) is 0 Å². The number of likely N-dealkylation sites (tertiary alicyclic amines) is 1. The number of nitrogens with one attached hydrogen (secondary N) is 3. The summed E-state index contributed by atoms with van der Waals surface area (Å²) in [5, 5.41) is 8.67. The van der Waals surface area contributed by atoms with Gasteiger partial charge in [-0.05, 0) is 69.4 Å². The summed E-state index contributed by atoms with van der Waals surface area (Å²) in [5.41, 5.74) is -1.02. The molecule has 1 aromatic carbocycles. The largest absolute Gasteiger partial charge is 0.416 e. The van der Waals surface area contributed by atoms with Crippen LogP contribution in [0.3, 0.4) is 0 Å². The quantitative estimate of drug-likeness (QED) is 0.624. The van der Waals surface area contributed by atoms with E-state index in [1.54, 1.807) is 0 Å². The van der Waals surface area contributed by atoms with Crippen molar-refractivity contribution in [1.82, 2.24) is 20.9 Å². The van der Waals surface area contributed by atoms with E-state index in [-0.39, 0.29) is 24.1 Å². The number of hydrogen-bond donors (Lipinski definition) is 3. The highest BCUT2D eigenvalue weighted by molar-refractivity contribution is 5.96. The summed E-state index contributed by atoms with van der Waals surface area (Å²) >= 11 is 0. The molecule has 2 amide bonds. The third-order valence-electron chi connectivity index (χ3n) is 5.81. The highest BCUT2D eigenvalue weighted by atomic mass is 19.4. The van der Waals surface area contributed by atoms with Crippen molar-refractivity contribution in [3.63, 3.8) is 0 Å². The van der Waals surface area contributed by atoms with Crippen LogP contribution in [0.2, 0.25) is 0 Å². The molecule has 1 atom stereocenters. The van der Waals surface area contributed by atoms with Crippen molar-refractivity contribution in [2.45, 2.75) is 37.9 Å². The number of carbonyl (C=O) groups is 2. The van der Waals surface area contributed by atoms with Crippen molar-refractivity contribution >= 4 is 11.8 Å². The van der Waals surface area contributed by atoms with E-state index in [1.807, 2.05) is 0 Å². The van der Waals surface area contributed by atoms with Crippen molar-refractivity contribution in [3.8, 4) is 0 Å². The summed E-state index contributed by atoms with van der Waals surface area (Å²) in [6.45, 7) is 4.68. The van der Waals surface area contributed by atoms with Gasteiger partial charge in [0.15, 0.2) is 0 Å². The lowest BCUT2D eigenvalue weighted by Gasteiger charge is -2.25. The second kappa shape index (κ2) is 10.3. The Hall–Kier alpha value is -2.13. The Morgan fingerprint density at radius 2 is 1.93 bits per heavy atom. The monoisotopic (exact) mass is 426 g/mol. The first-order chi connectivity index (χ1) is 14.3. The molecule has 0 unspecified atom stereocenters. The van der Waals surface area contributed by atoms with Gasteiger partial charge in [-0.15, -0.1) is 0 Å². The number of hydrogen-bond acceptors (Lipinski definition) is 4. The minimum absolute atomic E-state index is 0.0379. The summed E-state index contributed by atoms with van der Waals surface area (Å²) in [6, 6.07) is 4.19. The number of amides is 2. The van der Waals surface area contributed by atoms with Gasteiger partial charge in [-0.2, -0.15) is 13.2 Å². The zero-order chi connectivity index (χ0) is 21.6. The van der Waals surface area contributed by atoms with Crippen LogP contribution in [0.1, 0.15) is 41.6 Å². The summed E-state index contributed by atoms with van der Waals surface area (Å²) in [5.74, 6) is -0.266. The Balaban J connectivity index is 1.37. The summed E-state index contributed by atoms with van der Waals surface area (Å²) in [7, 11) is 0. The zero-order valence-corrected chi connectivity index (χ0v) is 16.9. The normalized spacial score (nSPS) is 20.8. The topological polar surface area (TPSA) is 73.5 Å². The van der Waals surface area contributed by atoms with E-state index in [0.29, 0.717) is 0 Å². The molecule has 166 valence electrons. The number of piperidine rings is 1. The number of rotatable bonds is 7. The molecular formula is C21H29F3N4O2. The van der Waals surface area contributed by atoms with E-state index >= 15 is 0 Å². The molecule has 0 radical (unpaired) electrons. The maximum absolute atomic E-state index is 12.8. The fraction of sp³-hybridized carbons (Fsp3) is 0.619. The number of carbonyl (C=O) groups excluding carboxylic acids is 2. The van der Waals surface area contributed by atoms with Crippen molar-refractivity contribution in [2.75, 3.05) is 39.3 Å². The molecule has 3 rings (SSSR count). The highest BCUT2D eigenvalue weighted by Gasteiger charge is 2.31. The standard InChI is InChI=1S/C21H29F3N4O2/c22-21(23,24)17-3-1-2-16(12-17)20(30)26-13-19(29)27-18-7-11-28(14-18)10-6-15-4-8-25-9-5-15/h1-3,12,15,18,25H,4-11,13-14H2,(H,26,30)(H,27,29)/t18-/m1/s1. The van der Waals surface area contributed by atoms with Gasteiger partial charge < -0.3 is 20.9 Å². The van der Waals surface area contributed by atoms with Crippen LogP contribution >= 0.6 is 0 Å². The van der Waals surface area contributed by atoms with Crippen LogP contribution in [0.15, 0.2) is 24.3 Å². The molecule has 2 fully saturated rings. The van der Waals surface area contributed by atoms with Gasteiger partial charge in [0.1, 0.15) is 0 Å². The Kier molecular flexibility index (Phi) is 7.71. The maximum Gasteiger partial charge on any atom is 0.416 e. The third kappa shape index (κ3) is 6.70. The van der Waals surface area contributed by atoms with E-state index in [9.17, 15) is 22.8 Å². The summed E-state index contributed by atoms with van der Waals surface area (Å²) in [4.78, 5) is 26.6. The predicted octanol–water partition coefficient (Wildman–Crippen LogP) is 2.02. The smallest absolute Gasteiger partial charge is 0.350 e. The van der Waals surface area contributed by atoms with Gasteiger partial charge in [-0.3, -0.25) is 9.59 Å². The highest BCUT2D eigenvalue weighted by Crippen LogP contribution is 2.29. The van der Waals surface area contributed by atoms with Gasteiger partial charge in [0.25, 0.3) is 5.91 Å². The Morgan fingerprint density at radius 1 is 1.17 bits per heavy atom. The van der Waals surface area contributed by atoms with Crippen molar-refractivity contribution in [3.05, 3.63) is 35.4 Å². The Bertz CT molecular complexity index is 735. The molecule has 1 aromatic rings. The third-order valence-corrected chi connectivity index (χ3v) is 5.81. The van der Waals surface area contributed by atoms with Gasteiger partial charge in [0.2, 0.25) is 5.91 Å². The lowest BCUT2D eigenvalue weighted by molar-refractivity contribution is -0.137. The van der Waals surface area contributed by atoms with Crippen molar-refractivity contribution < 1.29 is 22.8 Å². The molecule has 3 N–H and O–H groups in total. The second-order valence-electron chi connectivity index (χ2n) is 8.10. The fourth-order valence-electron chi connectivity index (χ4n) is 4.07. The molecular weight excluding hydrogens is 397 g/mol. The van der Waals surface area contributed by atoms with Gasteiger partial charge in [-0.25, -0.2) is 0 Å². The summed E-state index contributed by atoms with van der Waals surface area (Å²) in [6.07, 6.45) is -0.0377. The molecule has 6 nitrogen and oxygen atoms in total. The minimum atomic E-state index is -4.52. The van der Waals surface area contributed by atoms with Crippen LogP contribution < -0.4 is 16.0 Å². The van der Waals surface area contributed by atoms with Crippen LogP contribution in [-0.4, -0.2) is 62.0 Å². The number of benzene rings is 1. The molecule has 0 aromatic heterocycles. The lowest BCUT2D eigenvalue weighted by atomic mass is 9.94. The molecule has 2 heterocycles. The molecule has 0 aliphatic carbocycles. The van der Waals surface area contributed by atoms with E-state index < -0.39 is 17.6 Å². The van der Waals surface area contributed by atoms with Crippen LogP contribution in [0, 0.1) is 5.92 Å². The average Bonchev–Trinajstić information content (AvgIpc) is 3.18. The maximum atomic E-state index is 12.8. The Morgan fingerprint density at radius 3 is 2.67 bits per heavy atom. The van der Waals surface area contributed by atoms with E-state index in [0.717, 1.165) is 57.2 Å². The SMILES string of the molecule is O=C(CNC(=O)c1cccc(C(F)(F)F)c1)N[C@@H]1CCN(CCC2CCNCC2)C1. The zero-order valence-electron chi connectivity index (χ0n) is 16.9. The van der Waals surface area contributed by atoms with E-state index in [2.05, 4.69) is 20.9 Å². The number of nitrogens with zero attached hydrogens (tertiary/aromatic N) is 1. The molecule has 2 aliphatic heterocycles. The van der Waals surface area contributed by atoms with E-state index in [1.165, 1.54) is 31.4 Å². The number of halogens is 3. The first kappa shape index (κ1) is 22.6. The summed E-state index contributed by atoms with van der Waals surface area (Å²) < 4.78 is 38.3. The number of alkyl halides is 3. The van der Waals surface area contributed by atoms with Gasteiger partial charge in [0.05, 0.1) is 12.1 Å². The van der Waals surface area contributed by atoms with Gasteiger partial charge in [-0.1, -0.05) is 6.07 Å². The fourth-order valence-corrected chi connectivity index (χ4v) is 4.07. The Labute approximate surface area is 174 Å². The van der Waals surface area contributed by atoms with E-state index in [4.69, 9.17) is 0 Å². The predicted molar refractivity (Wildman–Crippen MR) is 107 cm³/mol. The second-order valence-corrected chi connectivity index (χ2v) is 8.10. The molecule has 0 bridgehead atoms. The van der Waals surface area contributed by atoms with Crippen LogP contribution in [0.5, 0.6) is 0 Å². The minimum Gasteiger partial charge on any atom is -0.350 e. The molecule has 0 saturated carbocycles. The van der Waals surface area contributed by atoms with Crippen molar-refractivity contribution in [2.24, 2.45) is 5.92 Å². The first-order valence-corrected chi connectivity index (χ1v) is 10.5. The van der Waals surface area contributed by atoms with Crippen LogP contribution in [0.25, 0.3) is 0 Å². The van der Waals surface area contributed by atoms with Crippen LogP contribution in [0.4, 0.5) is 13.2 Å². The van der Waals surface area contributed by atoms with Gasteiger partial charge in [0, 0.05) is 24.7 Å². The first-order valence-electron chi connectivity index (χ1n) is 10.5. The molecule has 2 saturated heterocycles. The average molecular weight is 426 g/mol. The molecule has 2 aliphatic rings.